The van der Waals surface area contributed by atoms with Gasteiger partial charge in [0.25, 0.3) is 0 Å². The molecule has 5 nitrogen and oxygen atoms in total. The van der Waals surface area contributed by atoms with E-state index in [0.717, 1.165) is 12.2 Å². The predicted molar refractivity (Wildman–Crippen MR) is 87.1 cm³/mol. The van der Waals surface area contributed by atoms with Gasteiger partial charge in [-0.3, -0.25) is 0 Å². The summed E-state index contributed by atoms with van der Waals surface area (Å²) in [4.78, 5) is 4.45. The van der Waals surface area contributed by atoms with Crippen molar-refractivity contribution < 1.29 is 0 Å². The average molecular weight is 285 g/mol. The summed E-state index contributed by atoms with van der Waals surface area (Å²) < 4.78 is 0. The van der Waals surface area contributed by atoms with Crippen LogP contribution in [0.3, 0.4) is 0 Å². The lowest BCUT2D eigenvalue weighted by Crippen LogP contribution is -2.12. The number of hydrogen-bond donors (Lipinski definition) is 2. The van der Waals surface area contributed by atoms with Crippen LogP contribution in [-0.4, -0.2) is 21.7 Å². The molecule has 0 saturated heterocycles. The topological polar surface area (TPSA) is 62.7 Å². The first kappa shape index (κ1) is 15.2. The summed E-state index contributed by atoms with van der Waals surface area (Å²) >= 11 is 0. The highest BCUT2D eigenvalue weighted by atomic mass is 15.3. The number of aryl methyl sites for hydroxylation is 3. The Morgan fingerprint density at radius 3 is 2.38 bits per heavy atom. The Labute approximate surface area is 126 Å². The maximum absolute atomic E-state index is 4.45. The van der Waals surface area contributed by atoms with Crippen molar-refractivity contribution in [3.8, 4) is 0 Å². The number of aromatic nitrogens is 3. The van der Waals surface area contributed by atoms with E-state index in [1.165, 1.54) is 16.7 Å². The summed E-state index contributed by atoms with van der Waals surface area (Å²) in [5, 5.41) is 14.5. The van der Waals surface area contributed by atoms with Crippen molar-refractivity contribution in [1.82, 2.24) is 15.2 Å². The Bertz CT molecular complexity index is 599. The maximum Gasteiger partial charge on any atom is 0.244 e. The van der Waals surface area contributed by atoms with Gasteiger partial charge in [-0.1, -0.05) is 31.5 Å². The van der Waals surface area contributed by atoms with E-state index in [9.17, 15) is 0 Å². The fraction of sp³-hybridized carbons (Fsp3) is 0.438. The first-order valence-electron chi connectivity index (χ1n) is 7.24. The van der Waals surface area contributed by atoms with Crippen molar-refractivity contribution in [2.45, 2.75) is 34.6 Å². The van der Waals surface area contributed by atoms with Gasteiger partial charge in [-0.05, 0) is 37.8 Å². The van der Waals surface area contributed by atoms with Gasteiger partial charge >= 0.3 is 0 Å². The van der Waals surface area contributed by atoms with E-state index in [2.05, 4.69) is 72.6 Å². The molecule has 0 fully saturated rings. The van der Waals surface area contributed by atoms with E-state index in [1.807, 2.05) is 0 Å². The quantitative estimate of drug-likeness (QED) is 0.878. The SMILES string of the molecule is Cc1cc(C)c(Nc2cnnc(NCC(C)C)n2)c(C)c1. The molecule has 0 atom stereocenters. The molecule has 1 aromatic carbocycles. The van der Waals surface area contributed by atoms with Crippen LogP contribution >= 0.6 is 0 Å². The summed E-state index contributed by atoms with van der Waals surface area (Å²) in [6.07, 6.45) is 1.64. The number of rotatable bonds is 5. The minimum Gasteiger partial charge on any atom is -0.353 e. The summed E-state index contributed by atoms with van der Waals surface area (Å²) in [5.74, 6) is 1.79. The Balaban J connectivity index is 2.18. The molecule has 0 unspecified atom stereocenters. The van der Waals surface area contributed by atoms with Gasteiger partial charge in [0, 0.05) is 12.2 Å². The first-order chi connectivity index (χ1) is 9.95. The number of nitrogens with one attached hydrogen (secondary N) is 2. The highest BCUT2D eigenvalue weighted by Gasteiger charge is 2.07. The zero-order valence-electron chi connectivity index (χ0n) is 13.4. The average Bonchev–Trinajstić information content (AvgIpc) is 2.41. The second-order valence-electron chi connectivity index (χ2n) is 5.84. The van der Waals surface area contributed by atoms with Gasteiger partial charge in [-0.15, -0.1) is 5.10 Å². The predicted octanol–water partition coefficient (Wildman–Crippen LogP) is 3.61. The molecule has 2 N–H and O–H groups in total. The molecule has 0 aliphatic rings. The van der Waals surface area contributed by atoms with Crippen molar-refractivity contribution in [3.63, 3.8) is 0 Å². The number of hydrogen-bond acceptors (Lipinski definition) is 5. The van der Waals surface area contributed by atoms with Crippen LogP contribution in [0.25, 0.3) is 0 Å². The van der Waals surface area contributed by atoms with Crippen molar-refractivity contribution in [2.24, 2.45) is 5.92 Å². The molecule has 0 aliphatic carbocycles. The molecule has 0 amide bonds. The van der Waals surface area contributed by atoms with E-state index in [0.29, 0.717) is 17.7 Å². The summed E-state index contributed by atoms with van der Waals surface area (Å²) in [7, 11) is 0. The molecule has 0 aliphatic heterocycles. The summed E-state index contributed by atoms with van der Waals surface area (Å²) in [6.45, 7) is 11.4. The molecule has 0 radical (unpaired) electrons. The monoisotopic (exact) mass is 285 g/mol. The lowest BCUT2D eigenvalue weighted by Gasteiger charge is -2.13. The van der Waals surface area contributed by atoms with E-state index >= 15 is 0 Å². The van der Waals surface area contributed by atoms with Crippen LogP contribution < -0.4 is 10.6 Å². The Morgan fingerprint density at radius 2 is 1.76 bits per heavy atom. The van der Waals surface area contributed by atoms with Gasteiger partial charge in [-0.25, -0.2) is 0 Å². The van der Waals surface area contributed by atoms with E-state index in [-0.39, 0.29) is 0 Å². The Kier molecular flexibility index (Phi) is 4.73. The van der Waals surface area contributed by atoms with Crippen LogP contribution in [0, 0.1) is 26.7 Å². The summed E-state index contributed by atoms with van der Waals surface area (Å²) in [6, 6.07) is 4.31. The van der Waals surface area contributed by atoms with Gasteiger partial charge < -0.3 is 10.6 Å². The molecular formula is C16H23N5. The third kappa shape index (κ3) is 4.15. The fourth-order valence-corrected chi connectivity index (χ4v) is 2.24. The van der Waals surface area contributed by atoms with Gasteiger partial charge in [0.1, 0.15) is 0 Å². The van der Waals surface area contributed by atoms with E-state index < -0.39 is 0 Å². The van der Waals surface area contributed by atoms with Crippen molar-refractivity contribution in [3.05, 3.63) is 35.0 Å². The summed E-state index contributed by atoms with van der Waals surface area (Å²) in [5.41, 5.74) is 4.73. The smallest absolute Gasteiger partial charge is 0.244 e. The largest absolute Gasteiger partial charge is 0.353 e. The van der Waals surface area contributed by atoms with Crippen LogP contribution in [-0.2, 0) is 0 Å². The minimum atomic E-state index is 0.534. The first-order valence-corrected chi connectivity index (χ1v) is 7.24. The molecule has 0 bridgehead atoms. The van der Waals surface area contributed by atoms with Crippen molar-refractivity contribution in [2.75, 3.05) is 17.2 Å². The van der Waals surface area contributed by atoms with Crippen molar-refractivity contribution >= 4 is 17.5 Å². The standard InChI is InChI=1S/C16H23N5/c1-10(2)8-17-16-20-14(9-18-21-16)19-15-12(4)6-11(3)7-13(15)5/h6-7,9-10H,8H2,1-5H3,(H2,17,19,20,21). The van der Waals surface area contributed by atoms with Crippen LogP contribution in [0.15, 0.2) is 18.3 Å². The molecule has 0 spiro atoms. The number of anilines is 3. The zero-order chi connectivity index (χ0) is 15.4. The highest BCUT2D eigenvalue weighted by Crippen LogP contribution is 2.24. The number of nitrogens with zero attached hydrogens (tertiary/aromatic N) is 3. The molecule has 21 heavy (non-hydrogen) atoms. The van der Waals surface area contributed by atoms with Crippen LogP contribution in [0.4, 0.5) is 17.5 Å². The number of benzene rings is 1. The van der Waals surface area contributed by atoms with Gasteiger partial charge in [0.2, 0.25) is 5.95 Å². The third-order valence-corrected chi connectivity index (χ3v) is 3.16. The normalized spacial score (nSPS) is 10.8. The molecule has 112 valence electrons. The lowest BCUT2D eigenvalue weighted by atomic mass is 10.1. The Hall–Kier alpha value is -2.17. The van der Waals surface area contributed by atoms with Crippen LogP contribution in [0.2, 0.25) is 0 Å². The van der Waals surface area contributed by atoms with Crippen molar-refractivity contribution in [1.29, 1.82) is 0 Å². The zero-order valence-corrected chi connectivity index (χ0v) is 13.4. The van der Waals surface area contributed by atoms with Crippen LogP contribution in [0.1, 0.15) is 30.5 Å². The second-order valence-corrected chi connectivity index (χ2v) is 5.84. The van der Waals surface area contributed by atoms with Gasteiger partial charge in [0.15, 0.2) is 5.82 Å². The molecule has 1 aromatic heterocycles. The minimum absolute atomic E-state index is 0.534. The molecule has 0 saturated carbocycles. The van der Waals surface area contributed by atoms with E-state index in [4.69, 9.17) is 0 Å². The molecular weight excluding hydrogens is 262 g/mol. The molecule has 1 heterocycles. The Morgan fingerprint density at radius 1 is 1.10 bits per heavy atom. The third-order valence-electron chi connectivity index (χ3n) is 3.16. The molecule has 2 aromatic rings. The molecule has 2 rings (SSSR count). The van der Waals surface area contributed by atoms with Gasteiger partial charge in [-0.2, -0.15) is 10.1 Å². The fourth-order valence-electron chi connectivity index (χ4n) is 2.24. The van der Waals surface area contributed by atoms with Gasteiger partial charge in [0.05, 0.1) is 6.20 Å². The van der Waals surface area contributed by atoms with E-state index in [1.54, 1.807) is 6.20 Å². The lowest BCUT2D eigenvalue weighted by molar-refractivity contribution is 0.682. The second kappa shape index (κ2) is 6.52. The highest BCUT2D eigenvalue weighted by molar-refractivity contribution is 5.65. The molecule has 5 heteroatoms. The maximum atomic E-state index is 4.45. The van der Waals surface area contributed by atoms with Crippen LogP contribution in [0.5, 0.6) is 0 Å².